The molecule has 5 atom stereocenters. The molecule has 0 spiro atoms. The van der Waals surface area contributed by atoms with Gasteiger partial charge in [-0.25, -0.2) is 15.0 Å². The lowest BCUT2D eigenvalue weighted by molar-refractivity contribution is -0.127. The number of amides is 2. The number of methoxy groups -OCH3 is 1. The summed E-state index contributed by atoms with van der Waals surface area (Å²) in [6.07, 6.45) is 10.8. The standard InChI is InChI=1S/C37H42N10O5/c1-18-12-26(33(49)42-37-14-22(15-37)23(16-37)20-4-5-20)46-29(18)30(35(51)47-36(46)41-32(43-47)21-8-9-38-27(13-21)52-3)44-10-11-45(25-7-6-24(25)44)34(50)28-31(48)19(2)39-17-40-28/h8-9,13,17-18,20,22-26,48H,4-7,10-12,14-16H2,1-3H3,(H,42,49)/t18-,22?,23?,24+,25+,26-,37?/m1/s1. The molecule has 2 bridgehead atoms. The summed E-state index contributed by atoms with van der Waals surface area (Å²) >= 11 is 0. The molecule has 2 amide bonds. The molecule has 1 unspecified atom stereocenters. The maximum atomic E-state index is 14.8. The molecular formula is C37H42N10O5. The first-order valence-electron chi connectivity index (χ1n) is 18.6. The number of aromatic hydroxyl groups is 1. The number of rotatable bonds is 7. The molecule has 270 valence electrons. The van der Waals surface area contributed by atoms with Crippen LogP contribution in [0.5, 0.6) is 11.6 Å². The molecule has 6 fully saturated rings. The third-order valence-electron chi connectivity index (χ3n) is 13.1. The summed E-state index contributed by atoms with van der Waals surface area (Å²) in [6.45, 7) is 4.45. The van der Waals surface area contributed by atoms with E-state index in [4.69, 9.17) is 14.8 Å². The fraction of sp³-hybridized carbons (Fsp3) is 0.568. The quantitative estimate of drug-likeness (QED) is 0.289. The predicted molar refractivity (Wildman–Crippen MR) is 187 cm³/mol. The van der Waals surface area contributed by atoms with Gasteiger partial charge in [0.1, 0.15) is 18.1 Å². The van der Waals surface area contributed by atoms with Crippen molar-refractivity contribution in [3.8, 4) is 23.0 Å². The summed E-state index contributed by atoms with van der Waals surface area (Å²) in [6, 6.07) is 2.63. The lowest BCUT2D eigenvalue weighted by Crippen LogP contribution is -2.67. The van der Waals surface area contributed by atoms with Crippen molar-refractivity contribution < 1.29 is 19.4 Å². The normalized spacial score (nSPS) is 30.1. The highest BCUT2D eigenvalue weighted by atomic mass is 16.5. The van der Waals surface area contributed by atoms with Crippen molar-refractivity contribution in [2.45, 2.75) is 94.8 Å². The topological polar surface area (TPSA) is 173 Å². The van der Waals surface area contributed by atoms with E-state index in [2.05, 4.69) is 32.1 Å². The minimum atomic E-state index is -0.562. The van der Waals surface area contributed by atoms with Crippen LogP contribution in [-0.4, -0.2) is 93.8 Å². The summed E-state index contributed by atoms with van der Waals surface area (Å²) in [4.78, 5) is 64.1. The van der Waals surface area contributed by atoms with Crippen molar-refractivity contribution in [3.05, 3.63) is 52.1 Å². The Bertz CT molecular complexity index is 2220. The van der Waals surface area contributed by atoms with E-state index in [0.717, 1.165) is 55.6 Å². The number of hydrogen-bond donors (Lipinski definition) is 2. The zero-order valence-corrected chi connectivity index (χ0v) is 29.5. The molecule has 15 nitrogen and oxygen atoms in total. The van der Waals surface area contributed by atoms with Gasteiger partial charge in [-0.05, 0) is 82.1 Å². The molecule has 6 heterocycles. The van der Waals surface area contributed by atoms with Crippen LogP contribution < -0.4 is 20.5 Å². The monoisotopic (exact) mass is 706 g/mol. The van der Waals surface area contributed by atoms with E-state index in [0.29, 0.717) is 53.9 Å². The second kappa shape index (κ2) is 11.2. The first-order valence-corrected chi connectivity index (χ1v) is 18.6. The Morgan fingerprint density at radius 3 is 2.60 bits per heavy atom. The predicted octanol–water partition coefficient (Wildman–Crippen LogP) is 3.00. The van der Waals surface area contributed by atoms with E-state index >= 15 is 0 Å². The number of pyridine rings is 1. The number of aryl methyl sites for hydroxylation is 1. The summed E-state index contributed by atoms with van der Waals surface area (Å²) in [5.74, 6) is 2.65. The second-order valence-electron chi connectivity index (χ2n) is 16.0. The molecule has 5 aliphatic carbocycles. The number of carbonyl (C=O) groups excluding carboxylic acids is 2. The van der Waals surface area contributed by atoms with Crippen molar-refractivity contribution in [2.75, 3.05) is 25.1 Å². The number of hydrogen-bond acceptors (Lipinski definition) is 11. The largest absolute Gasteiger partial charge is 0.504 e. The van der Waals surface area contributed by atoms with Crippen LogP contribution in [-0.2, 0) is 4.79 Å². The highest BCUT2D eigenvalue weighted by molar-refractivity contribution is 5.95. The van der Waals surface area contributed by atoms with Crippen LogP contribution in [0.1, 0.15) is 92.1 Å². The molecule has 7 aliphatic rings. The van der Waals surface area contributed by atoms with Crippen LogP contribution in [0.15, 0.2) is 29.5 Å². The molecule has 2 N–H and O–H groups in total. The van der Waals surface area contributed by atoms with Crippen LogP contribution in [0.3, 0.4) is 0 Å². The minimum Gasteiger partial charge on any atom is -0.504 e. The average Bonchev–Trinajstić information content (AvgIpc) is 3.42. The molecule has 5 saturated carbocycles. The zero-order chi connectivity index (χ0) is 35.6. The smallest absolute Gasteiger partial charge is 0.299 e. The highest BCUT2D eigenvalue weighted by Crippen LogP contribution is 2.62. The van der Waals surface area contributed by atoms with Gasteiger partial charge < -0.3 is 25.0 Å². The van der Waals surface area contributed by atoms with Crippen LogP contribution in [0.4, 0.5) is 5.69 Å². The lowest BCUT2D eigenvalue weighted by Gasteiger charge is -2.54. The lowest BCUT2D eigenvalue weighted by atomic mass is 9.75. The van der Waals surface area contributed by atoms with E-state index in [9.17, 15) is 19.5 Å². The Hall–Kier alpha value is -5.08. The van der Waals surface area contributed by atoms with Gasteiger partial charge in [0, 0.05) is 48.4 Å². The Balaban J connectivity index is 1.05. The Morgan fingerprint density at radius 1 is 1.04 bits per heavy atom. The fourth-order valence-corrected chi connectivity index (χ4v) is 10.3. The summed E-state index contributed by atoms with van der Waals surface area (Å²) in [5.41, 5.74) is 1.83. The van der Waals surface area contributed by atoms with Gasteiger partial charge >= 0.3 is 0 Å². The first-order chi connectivity index (χ1) is 25.1. The van der Waals surface area contributed by atoms with Crippen LogP contribution in [0, 0.1) is 24.7 Å². The van der Waals surface area contributed by atoms with Gasteiger partial charge in [-0.1, -0.05) is 6.92 Å². The van der Waals surface area contributed by atoms with Crippen molar-refractivity contribution >= 4 is 23.3 Å². The van der Waals surface area contributed by atoms with Crippen LogP contribution in [0.2, 0.25) is 0 Å². The van der Waals surface area contributed by atoms with Gasteiger partial charge in [-0.2, -0.15) is 9.50 Å². The molecule has 2 aliphatic heterocycles. The maximum Gasteiger partial charge on any atom is 0.299 e. The number of fused-ring (bicyclic) bond motifs is 5. The van der Waals surface area contributed by atoms with Gasteiger partial charge in [0.05, 0.1) is 24.5 Å². The summed E-state index contributed by atoms with van der Waals surface area (Å²) in [7, 11) is 1.54. The summed E-state index contributed by atoms with van der Waals surface area (Å²) in [5, 5.41) is 18.9. The highest BCUT2D eigenvalue weighted by Gasteiger charge is 2.60. The van der Waals surface area contributed by atoms with E-state index in [1.807, 2.05) is 4.57 Å². The maximum absolute atomic E-state index is 14.8. The number of anilines is 1. The zero-order valence-electron chi connectivity index (χ0n) is 29.5. The number of nitrogens with zero attached hydrogens (tertiary/aromatic N) is 9. The van der Waals surface area contributed by atoms with Crippen molar-refractivity contribution in [3.63, 3.8) is 0 Å². The Labute approximate surface area is 299 Å². The van der Waals surface area contributed by atoms with Crippen molar-refractivity contribution in [1.82, 2.24) is 44.3 Å². The van der Waals surface area contributed by atoms with Crippen LogP contribution >= 0.6 is 0 Å². The van der Waals surface area contributed by atoms with E-state index in [-0.39, 0.29) is 52.4 Å². The second-order valence-corrected chi connectivity index (χ2v) is 16.0. The molecular weight excluding hydrogens is 664 g/mol. The van der Waals surface area contributed by atoms with Crippen molar-refractivity contribution in [2.24, 2.45) is 17.8 Å². The first kappa shape index (κ1) is 31.6. The Kier molecular flexibility index (Phi) is 6.82. The number of ether oxygens (including phenoxy) is 1. The van der Waals surface area contributed by atoms with E-state index < -0.39 is 6.04 Å². The molecule has 0 radical (unpaired) electrons. The Morgan fingerprint density at radius 2 is 1.85 bits per heavy atom. The van der Waals surface area contributed by atoms with Gasteiger partial charge in [-0.15, -0.1) is 5.10 Å². The number of aromatic nitrogens is 7. The van der Waals surface area contributed by atoms with E-state index in [1.165, 1.54) is 30.8 Å². The van der Waals surface area contributed by atoms with Crippen molar-refractivity contribution in [1.29, 1.82) is 0 Å². The fourth-order valence-electron chi connectivity index (χ4n) is 10.3. The average molecular weight is 707 g/mol. The summed E-state index contributed by atoms with van der Waals surface area (Å²) < 4.78 is 8.68. The van der Waals surface area contributed by atoms with E-state index in [1.54, 1.807) is 30.2 Å². The third kappa shape index (κ3) is 4.56. The molecule has 4 aromatic heterocycles. The molecule has 52 heavy (non-hydrogen) atoms. The molecule has 11 rings (SSSR count). The molecule has 1 saturated heterocycles. The molecule has 0 aromatic carbocycles. The molecule has 4 aromatic rings. The number of piperazine rings is 1. The van der Waals surface area contributed by atoms with Crippen LogP contribution in [0.25, 0.3) is 17.2 Å². The number of carbonyl (C=O) groups is 2. The number of nitrogens with one attached hydrogen (secondary N) is 1. The third-order valence-corrected chi connectivity index (χ3v) is 13.1. The SMILES string of the molecule is COc1cc(-c2nc3n4c(c(N5CCN(C(=O)c6ncnc(C)c6O)[C@H]6CC[C@@H]65)c(=O)n3n2)[C@H](C)C[C@@H]4C(=O)NC23CC(C2)C(C2CC2)C3)ccn1. The van der Waals surface area contributed by atoms with Gasteiger partial charge in [0.2, 0.25) is 17.6 Å². The van der Waals surface area contributed by atoms with Gasteiger partial charge in [-0.3, -0.25) is 19.0 Å². The van der Waals surface area contributed by atoms with Gasteiger partial charge in [0.25, 0.3) is 11.5 Å². The minimum absolute atomic E-state index is 0.0117. The molecule has 15 heteroatoms. The van der Waals surface area contributed by atoms with Gasteiger partial charge in [0.15, 0.2) is 17.3 Å².